The standard InChI is InChI=1S/C14H22F2N2O/c1-3-18(4-2)9-8-17-10-13(19)14-11(15)6-5-7-12(14)16/h5-7,13,17,19H,3-4,8-10H2,1-2H3. The number of hydrogen-bond acceptors (Lipinski definition) is 3. The largest absolute Gasteiger partial charge is 0.387 e. The molecule has 0 aromatic heterocycles. The van der Waals surface area contributed by atoms with Crippen molar-refractivity contribution in [2.45, 2.75) is 20.0 Å². The molecule has 19 heavy (non-hydrogen) atoms. The molecule has 0 aliphatic rings. The van der Waals surface area contributed by atoms with E-state index in [1.54, 1.807) is 0 Å². The van der Waals surface area contributed by atoms with Crippen LogP contribution in [0.2, 0.25) is 0 Å². The molecule has 1 aromatic rings. The second-order valence-electron chi connectivity index (χ2n) is 4.38. The molecule has 1 aromatic carbocycles. The lowest BCUT2D eigenvalue weighted by molar-refractivity contribution is 0.163. The predicted molar refractivity (Wildman–Crippen MR) is 72.0 cm³/mol. The van der Waals surface area contributed by atoms with Crippen LogP contribution in [-0.4, -0.2) is 42.7 Å². The van der Waals surface area contributed by atoms with Gasteiger partial charge in [0.05, 0.1) is 11.7 Å². The van der Waals surface area contributed by atoms with Gasteiger partial charge in [0, 0.05) is 19.6 Å². The van der Waals surface area contributed by atoms with Crippen molar-refractivity contribution in [2.75, 3.05) is 32.7 Å². The molecule has 0 saturated carbocycles. The van der Waals surface area contributed by atoms with Crippen LogP contribution in [0.3, 0.4) is 0 Å². The molecule has 108 valence electrons. The van der Waals surface area contributed by atoms with E-state index in [0.29, 0.717) is 6.54 Å². The lowest BCUT2D eigenvalue weighted by atomic mass is 10.1. The van der Waals surface area contributed by atoms with Gasteiger partial charge in [0.15, 0.2) is 0 Å². The van der Waals surface area contributed by atoms with Crippen LogP contribution in [0.5, 0.6) is 0 Å². The van der Waals surface area contributed by atoms with E-state index in [-0.39, 0.29) is 12.1 Å². The number of likely N-dealkylation sites (N-methyl/N-ethyl adjacent to an activating group) is 1. The maximum atomic E-state index is 13.4. The SMILES string of the molecule is CCN(CC)CCNCC(O)c1c(F)cccc1F. The third kappa shape index (κ3) is 4.86. The molecule has 5 heteroatoms. The summed E-state index contributed by atoms with van der Waals surface area (Å²) in [7, 11) is 0. The molecule has 0 radical (unpaired) electrons. The number of aliphatic hydroxyl groups excluding tert-OH is 1. The van der Waals surface area contributed by atoms with Gasteiger partial charge in [-0.2, -0.15) is 0 Å². The average molecular weight is 272 g/mol. The van der Waals surface area contributed by atoms with Crippen molar-refractivity contribution in [1.82, 2.24) is 10.2 Å². The van der Waals surface area contributed by atoms with Crippen LogP contribution in [0.15, 0.2) is 18.2 Å². The van der Waals surface area contributed by atoms with E-state index in [1.165, 1.54) is 6.07 Å². The molecule has 1 atom stereocenters. The van der Waals surface area contributed by atoms with Crippen molar-refractivity contribution >= 4 is 0 Å². The van der Waals surface area contributed by atoms with E-state index in [2.05, 4.69) is 24.1 Å². The first-order valence-corrected chi connectivity index (χ1v) is 6.65. The van der Waals surface area contributed by atoms with Crippen LogP contribution >= 0.6 is 0 Å². The summed E-state index contributed by atoms with van der Waals surface area (Å²) in [5.41, 5.74) is -0.266. The highest BCUT2D eigenvalue weighted by Crippen LogP contribution is 2.19. The quantitative estimate of drug-likeness (QED) is 0.710. The molecular weight excluding hydrogens is 250 g/mol. The van der Waals surface area contributed by atoms with Crippen molar-refractivity contribution in [3.8, 4) is 0 Å². The molecule has 0 spiro atoms. The Morgan fingerprint density at radius 2 is 1.79 bits per heavy atom. The van der Waals surface area contributed by atoms with E-state index < -0.39 is 17.7 Å². The van der Waals surface area contributed by atoms with Gasteiger partial charge < -0.3 is 15.3 Å². The minimum Gasteiger partial charge on any atom is -0.387 e. The zero-order chi connectivity index (χ0) is 14.3. The molecule has 1 rings (SSSR count). The number of nitrogens with one attached hydrogen (secondary N) is 1. The second kappa shape index (κ2) is 8.19. The summed E-state index contributed by atoms with van der Waals surface area (Å²) in [5.74, 6) is -1.42. The van der Waals surface area contributed by atoms with Crippen molar-refractivity contribution < 1.29 is 13.9 Å². The monoisotopic (exact) mass is 272 g/mol. The Morgan fingerprint density at radius 1 is 1.21 bits per heavy atom. The summed E-state index contributed by atoms with van der Waals surface area (Å²) < 4.78 is 26.8. The topological polar surface area (TPSA) is 35.5 Å². The Morgan fingerprint density at radius 3 is 2.32 bits per heavy atom. The van der Waals surface area contributed by atoms with Crippen LogP contribution in [0.25, 0.3) is 0 Å². The molecule has 0 amide bonds. The Hall–Kier alpha value is -1.04. The molecular formula is C14H22F2N2O. The predicted octanol–water partition coefficient (Wildman–Crippen LogP) is 1.93. The first-order valence-electron chi connectivity index (χ1n) is 6.65. The second-order valence-corrected chi connectivity index (χ2v) is 4.38. The molecule has 3 nitrogen and oxygen atoms in total. The molecule has 1 unspecified atom stereocenters. The van der Waals surface area contributed by atoms with Gasteiger partial charge >= 0.3 is 0 Å². The highest BCUT2D eigenvalue weighted by atomic mass is 19.1. The summed E-state index contributed by atoms with van der Waals surface area (Å²) >= 11 is 0. The van der Waals surface area contributed by atoms with E-state index in [0.717, 1.165) is 31.8 Å². The Kier molecular flexibility index (Phi) is 6.91. The van der Waals surface area contributed by atoms with Gasteiger partial charge in [-0.3, -0.25) is 0 Å². The Labute approximate surface area is 113 Å². The first kappa shape index (κ1) is 16.0. The van der Waals surface area contributed by atoms with Gasteiger partial charge in [-0.05, 0) is 25.2 Å². The zero-order valence-electron chi connectivity index (χ0n) is 11.5. The number of nitrogens with zero attached hydrogens (tertiary/aromatic N) is 1. The van der Waals surface area contributed by atoms with E-state index in [9.17, 15) is 13.9 Å². The number of aliphatic hydroxyl groups is 1. The third-order valence-corrected chi connectivity index (χ3v) is 3.17. The summed E-state index contributed by atoms with van der Waals surface area (Å²) in [6.45, 7) is 7.74. The van der Waals surface area contributed by atoms with Crippen LogP contribution in [-0.2, 0) is 0 Å². The number of benzene rings is 1. The lowest BCUT2D eigenvalue weighted by Gasteiger charge is -2.19. The van der Waals surface area contributed by atoms with Crippen LogP contribution in [0.4, 0.5) is 8.78 Å². The van der Waals surface area contributed by atoms with Crippen LogP contribution in [0.1, 0.15) is 25.5 Å². The molecule has 0 heterocycles. The van der Waals surface area contributed by atoms with Crippen molar-refractivity contribution in [2.24, 2.45) is 0 Å². The molecule has 0 saturated heterocycles. The fourth-order valence-electron chi connectivity index (χ4n) is 1.95. The van der Waals surface area contributed by atoms with Crippen LogP contribution in [0, 0.1) is 11.6 Å². The van der Waals surface area contributed by atoms with Gasteiger partial charge in [0.2, 0.25) is 0 Å². The van der Waals surface area contributed by atoms with Gasteiger partial charge in [0.1, 0.15) is 11.6 Å². The molecule has 0 aliphatic carbocycles. The summed E-state index contributed by atoms with van der Waals surface area (Å²) in [5, 5.41) is 12.8. The summed E-state index contributed by atoms with van der Waals surface area (Å²) in [6.07, 6.45) is -1.17. The number of hydrogen-bond donors (Lipinski definition) is 2. The smallest absolute Gasteiger partial charge is 0.131 e. The highest BCUT2D eigenvalue weighted by Gasteiger charge is 2.17. The van der Waals surface area contributed by atoms with Crippen molar-refractivity contribution in [3.05, 3.63) is 35.4 Å². The lowest BCUT2D eigenvalue weighted by Crippen LogP contribution is -2.33. The molecule has 0 bridgehead atoms. The molecule has 0 aliphatic heterocycles. The zero-order valence-corrected chi connectivity index (χ0v) is 11.5. The van der Waals surface area contributed by atoms with Gasteiger partial charge in [-0.15, -0.1) is 0 Å². The Balaban J connectivity index is 2.41. The van der Waals surface area contributed by atoms with Gasteiger partial charge in [-0.1, -0.05) is 19.9 Å². The highest BCUT2D eigenvalue weighted by molar-refractivity contribution is 5.22. The minimum absolute atomic E-state index is 0.138. The normalized spacial score (nSPS) is 12.9. The van der Waals surface area contributed by atoms with Crippen LogP contribution < -0.4 is 5.32 Å². The first-order chi connectivity index (χ1) is 9.10. The van der Waals surface area contributed by atoms with E-state index in [4.69, 9.17) is 0 Å². The van der Waals surface area contributed by atoms with Crippen molar-refractivity contribution in [3.63, 3.8) is 0 Å². The summed E-state index contributed by atoms with van der Waals surface area (Å²) in [6, 6.07) is 3.59. The van der Waals surface area contributed by atoms with E-state index >= 15 is 0 Å². The van der Waals surface area contributed by atoms with E-state index in [1.807, 2.05) is 0 Å². The maximum absolute atomic E-state index is 13.4. The fraction of sp³-hybridized carbons (Fsp3) is 0.571. The molecule has 2 N–H and O–H groups in total. The maximum Gasteiger partial charge on any atom is 0.131 e. The van der Waals surface area contributed by atoms with Crippen molar-refractivity contribution in [1.29, 1.82) is 0 Å². The number of rotatable bonds is 8. The third-order valence-electron chi connectivity index (χ3n) is 3.17. The average Bonchev–Trinajstić information content (AvgIpc) is 2.38. The summed E-state index contributed by atoms with van der Waals surface area (Å²) in [4.78, 5) is 2.23. The minimum atomic E-state index is -1.17. The number of halogens is 2. The molecule has 0 fully saturated rings. The Bertz CT molecular complexity index is 363. The van der Waals surface area contributed by atoms with Gasteiger partial charge in [-0.25, -0.2) is 8.78 Å². The van der Waals surface area contributed by atoms with Gasteiger partial charge in [0.25, 0.3) is 0 Å². The fourth-order valence-corrected chi connectivity index (χ4v) is 1.95.